The molecule has 2 heteroatoms. The minimum atomic E-state index is -0.351. The van der Waals surface area contributed by atoms with Crippen LogP contribution < -0.4 is 0 Å². The first kappa shape index (κ1) is 25.9. The van der Waals surface area contributed by atoms with Crippen LogP contribution >= 0.6 is 0 Å². The molecule has 0 radical (unpaired) electrons. The number of benzene rings is 8. The molecule has 2 nitrogen and oxygen atoms in total. The molecule has 0 unspecified atom stereocenters. The van der Waals surface area contributed by atoms with Crippen molar-refractivity contribution < 1.29 is 4.42 Å². The van der Waals surface area contributed by atoms with Crippen LogP contribution in [0, 0.1) is 0 Å². The Morgan fingerprint density at radius 3 is 1.69 bits per heavy atom. The number of hydrogen-bond donors (Lipinski definition) is 0. The van der Waals surface area contributed by atoms with E-state index in [1.165, 1.54) is 66.4 Å². The first-order valence-corrected chi connectivity index (χ1v) is 16.5. The van der Waals surface area contributed by atoms with E-state index in [0.29, 0.717) is 5.89 Å². The van der Waals surface area contributed by atoms with E-state index in [4.69, 9.17) is 9.40 Å². The van der Waals surface area contributed by atoms with Crippen LogP contribution in [-0.4, -0.2) is 4.98 Å². The first-order chi connectivity index (χ1) is 23.8. The van der Waals surface area contributed by atoms with Gasteiger partial charge in [0.25, 0.3) is 0 Å². The Bertz CT molecular complexity index is 2720. The molecule has 0 saturated heterocycles. The SMILES string of the molecule is c1ccc(-c2nc3ccc4ccc5cc(-c6ccc7c(c6)C6(c8ccccc8-c8ccccc86)c6ccccc6-7)ccc5c4c3o2)cc1. The van der Waals surface area contributed by atoms with Gasteiger partial charge in [0.15, 0.2) is 5.58 Å². The summed E-state index contributed by atoms with van der Waals surface area (Å²) >= 11 is 0. The highest BCUT2D eigenvalue weighted by Gasteiger charge is 2.51. The van der Waals surface area contributed by atoms with Crippen molar-refractivity contribution in [2.75, 3.05) is 0 Å². The van der Waals surface area contributed by atoms with Crippen LogP contribution in [0.5, 0.6) is 0 Å². The van der Waals surface area contributed by atoms with Crippen molar-refractivity contribution >= 4 is 32.6 Å². The second-order valence-electron chi connectivity index (χ2n) is 13.0. The molecule has 0 aliphatic heterocycles. The maximum Gasteiger partial charge on any atom is 0.227 e. The molecule has 11 rings (SSSR count). The molecule has 1 aromatic heterocycles. The smallest absolute Gasteiger partial charge is 0.227 e. The predicted molar refractivity (Wildman–Crippen MR) is 196 cm³/mol. The molecule has 9 aromatic rings. The average molecular weight is 610 g/mol. The number of hydrogen-bond acceptors (Lipinski definition) is 2. The zero-order valence-corrected chi connectivity index (χ0v) is 25.9. The number of fused-ring (bicyclic) bond motifs is 15. The summed E-state index contributed by atoms with van der Waals surface area (Å²) in [5, 5.41) is 4.60. The van der Waals surface area contributed by atoms with Crippen LogP contribution in [0.3, 0.4) is 0 Å². The normalized spacial score (nSPS) is 13.6. The van der Waals surface area contributed by atoms with Crippen LogP contribution in [0.1, 0.15) is 22.3 Å². The second-order valence-corrected chi connectivity index (χ2v) is 13.0. The molecule has 1 spiro atoms. The summed E-state index contributed by atoms with van der Waals surface area (Å²) in [6.45, 7) is 0. The molecule has 0 N–H and O–H groups in total. The van der Waals surface area contributed by atoms with Crippen LogP contribution in [0.25, 0.3) is 77.5 Å². The summed E-state index contributed by atoms with van der Waals surface area (Å²) in [6.07, 6.45) is 0. The lowest BCUT2D eigenvalue weighted by Crippen LogP contribution is -2.25. The zero-order valence-electron chi connectivity index (χ0n) is 25.9. The second kappa shape index (κ2) is 9.40. The van der Waals surface area contributed by atoms with Crippen LogP contribution in [0.2, 0.25) is 0 Å². The summed E-state index contributed by atoms with van der Waals surface area (Å²) in [5.41, 5.74) is 15.5. The van der Waals surface area contributed by atoms with Crippen molar-refractivity contribution in [2.24, 2.45) is 0 Å². The van der Waals surface area contributed by atoms with E-state index < -0.39 is 0 Å². The van der Waals surface area contributed by atoms with Crippen molar-refractivity contribution in [2.45, 2.75) is 5.41 Å². The summed E-state index contributed by atoms with van der Waals surface area (Å²) in [7, 11) is 0. The highest BCUT2D eigenvalue weighted by molar-refractivity contribution is 6.18. The van der Waals surface area contributed by atoms with Gasteiger partial charge < -0.3 is 4.42 Å². The van der Waals surface area contributed by atoms with Gasteiger partial charge in [-0.25, -0.2) is 4.98 Å². The molecule has 0 bridgehead atoms. The van der Waals surface area contributed by atoms with E-state index in [-0.39, 0.29) is 5.41 Å². The van der Waals surface area contributed by atoms with Gasteiger partial charge in [-0.1, -0.05) is 133 Å². The van der Waals surface area contributed by atoms with Gasteiger partial charge in [0.1, 0.15) is 5.52 Å². The van der Waals surface area contributed by atoms with Crippen molar-refractivity contribution in [3.05, 3.63) is 186 Å². The van der Waals surface area contributed by atoms with Crippen LogP contribution in [0.15, 0.2) is 168 Å². The average Bonchev–Trinajstić information content (AvgIpc) is 3.82. The molecule has 2 aliphatic rings. The molecular formula is C46H27NO. The van der Waals surface area contributed by atoms with E-state index >= 15 is 0 Å². The van der Waals surface area contributed by atoms with Gasteiger partial charge >= 0.3 is 0 Å². The van der Waals surface area contributed by atoms with Crippen molar-refractivity contribution in [3.8, 4) is 44.8 Å². The molecule has 0 fully saturated rings. The molecule has 1 heterocycles. The molecule has 0 amide bonds. The Hall–Kier alpha value is -6.25. The molecule has 222 valence electrons. The van der Waals surface area contributed by atoms with Crippen LogP contribution in [-0.2, 0) is 5.41 Å². The maximum atomic E-state index is 6.47. The molecule has 0 saturated carbocycles. The Morgan fingerprint density at radius 2 is 0.979 bits per heavy atom. The lowest BCUT2D eigenvalue weighted by molar-refractivity contribution is 0.623. The maximum absolute atomic E-state index is 6.47. The fourth-order valence-corrected chi connectivity index (χ4v) is 8.69. The number of oxazole rings is 1. The standard InChI is InChI=1S/C46H27NO/c1-2-10-29(11-3-1)45-47-42-25-22-28-18-19-32-26-30(20-23-33(32)43(28)44(42)48-45)31-21-24-37-36-14-6-9-17-40(36)46(41(37)27-31)38-15-7-4-12-34(38)35-13-5-8-16-39(35)46/h1-27H. The summed E-state index contributed by atoms with van der Waals surface area (Å²) < 4.78 is 6.47. The Labute approximate surface area is 277 Å². The highest BCUT2D eigenvalue weighted by atomic mass is 16.3. The van der Waals surface area contributed by atoms with E-state index in [2.05, 4.69) is 133 Å². The van der Waals surface area contributed by atoms with Gasteiger partial charge in [0.2, 0.25) is 5.89 Å². The Kier molecular flexibility index (Phi) is 5.07. The zero-order chi connectivity index (χ0) is 31.4. The molecule has 0 atom stereocenters. The topological polar surface area (TPSA) is 26.0 Å². The largest absolute Gasteiger partial charge is 0.435 e. The van der Waals surface area contributed by atoms with Crippen molar-refractivity contribution in [3.63, 3.8) is 0 Å². The monoisotopic (exact) mass is 609 g/mol. The first-order valence-electron chi connectivity index (χ1n) is 16.5. The predicted octanol–water partition coefficient (Wildman–Crippen LogP) is 11.8. The molecule has 8 aromatic carbocycles. The van der Waals surface area contributed by atoms with E-state index in [1.54, 1.807) is 0 Å². The fourth-order valence-electron chi connectivity index (χ4n) is 8.69. The minimum Gasteiger partial charge on any atom is -0.435 e. The number of rotatable bonds is 2. The van der Waals surface area contributed by atoms with Gasteiger partial charge in [0, 0.05) is 10.9 Å². The Balaban J connectivity index is 1.12. The highest BCUT2D eigenvalue weighted by Crippen LogP contribution is 2.63. The third-order valence-corrected chi connectivity index (χ3v) is 10.7. The summed E-state index contributed by atoms with van der Waals surface area (Å²) in [4.78, 5) is 4.86. The van der Waals surface area contributed by atoms with Gasteiger partial charge in [-0.2, -0.15) is 0 Å². The molecule has 48 heavy (non-hydrogen) atoms. The summed E-state index contributed by atoms with van der Waals surface area (Å²) in [5.74, 6) is 0.648. The van der Waals surface area contributed by atoms with Gasteiger partial charge in [-0.15, -0.1) is 0 Å². The van der Waals surface area contributed by atoms with Crippen LogP contribution in [0.4, 0.5) is 0 Å². The quantitative estimate of drug-likeness (QED) is 0.182. The van der Waals surface area contributed by atoms with Gasteiger partial charge in [-0.05, 0) is 102 Å². The molecule has 2 aliphatic carbocycles. The van der Waals surface area contributed by atoms with Crippen molar-refractivity contribution in [1.29, 1.82) is 0 Å². The summed E-state index contributed by atoms with van der Waals surface area (Å²) in [6, 6.07) is 59.7. The van der Waals surface area contributed by atoms with E-state index in [1.807, 2.05) is 30.3 Å². The van der Waals surface area contributed by atoms with E-state index in [0.717, 1.165) is 27.4 Å². The lowest BCUT2D eigenvalue weighted by atomic mass is 9.70. The number of aromatic nitrogens is 1. The lowest BCUT2D eigenvalue weighted by Gasteiger charge is -2.30. The Morgan fingerprint density at radius 1 is 0.417 bits per heavy atom. The molecular weight excluding hydrogens is 583 g/mol. The minimum absolute atomic E-state index is 0.351. The number of nitrogens with zero attached hydrogens (tertiary/aromatic N) is 1. The van der Waals surface area contributed by atoms with Gasteiger partial charge in [0.05, 0.1) is 5.41 Å². The van der Waals surface area contributed by atoms with Gasteiger partial charge in [-0.3, -0.25) is 0 Å². The fraction of sp³-hybridized carbons (Fsp3) is 0.0217. The third-order valence-electron chi connectivity index (χ3n) is 10.7. The third kappa shape index (κ3) is 3.29. The van der Waals surface area contributed by atoms with E-state index in [9.17, 15) is 0 Å². The van der Waals surface area contributed by atoms with Crippen molar-refractivity contribution in [1.82, 2.24) is 4.98 Å².